The van der Waals surface area contributed by atoms with Crippen LogP contribution in [0.15, 0.2) is 24.3 Å². The molecule has 148 valence electrons. The summed E-state index contributed by atoms with van der Waals surface area (Å²) in [6, 6.07) is 8.47. The molecule has 1 N–H and O–H groups in total. The first-order chi connectivity index (χ1) is 13.7. The molecule has 0 radical (unpaired) electrons. The van der Waals surface area contributed by atoms with Crippen LogP contribution in [-0.2, 0) is 12.8 Å². The number of hydrogen-bond donors (Lipinski definition) is 1. The Morgan fingerprint density at radius 3 is 2.54 bits per heavy atom. The summed E-state index contributed by atoms with van der Waals surface area (Å²) < 4.78 is 2.04. The Morgan fingerprint density at radius 2 is 1.82 bits per heavy atom. The third kappa shape index (κ3) is 3.06. The molecule has 0 saturated carbocycles. The van der Waals surface area contributed by atoms with Crippen molar-refractivity contribution in [2.75, 3.05) is 26.2 Å². The fraction of sp³-hybridized carbons (Fsp3) is 0.565. The van der Waals surface area contributed by atoms with Gasteiger partial charge in [-0.05, 0) is 76.0 Å². The molecule has 0 atom stereocenters. The molecular formula is C23H30N4O. The van der Waals surface area contributed by atoms with Gasteiger partial charge in [0.15, 0.2) is 5.69 Å². The number of piperidine rings is 1. The van der Waals surface area contributed by atoms with Crippen molar-refractivity contribution >= 4 is 5.91 Å². The number of fused-ring (bicyclic) bond motifs is 1. The molecule has 1 spiro atoms. The third-order valence-corrected chi connectivity index (χ3v) is 7.10. The lowest BCUT2D eigenvalue weighted by molar-refractivity contribution is 0.0600. The molecule has 2 aliphatic heterocycles. The smallest absolute Gasteiger partial charge is 0.274 e. The number of aromatic nitrogens is 2. The maximum Gasteiger partial charge on any atom is 0.274 e. The average molecular weight is 379 g/mol. The second kappa shape index (κ2) is 7.03. The summed E-state index contributed by atoms with van der Waals surface area (Å²) in [5.41, 5.74) is 5.88. The van der Waals surface area contributed by atoms with Gasteiger partial charge in [-0.3, -0.25) is 4.79 Å². The number of rotatable bonds is 2. The highest BCUT2D eigenvalue weighted by atomic mass is 16.2. The van der Waals surface area contributed by atoms with E-state index in [1.165, 1.54) is 29.7 Å². The van der Waals surface area contributed by atoms with Crippen LogP contribution in [-0.4, -0.2) is 46.8 Å². The molecule has 0 bridgehead atoms. The molecule has 0 unspecified atom stereocenters. The Morgan fingerprint density at radius 1 is 1.07 bits per heavy atom. The number of nitrogens with zero attached hydrogens (tertiary/aromatic N) is 3. The first-order valence-corrected chi connectivity index (χ1v) is 10.8. The van der Waals surface area contributed by atoms with Crippen LogP contribution in [0.25, 0.3) is 5.69 Å². The molecule has 2 fully saturated rings. The first-order valence-electron chi connectivity index (χ1n) is 10.8. The Kier molecular flexibility index (Phi) is 4.50. The molecule has 1 amide bonds. The first kappa shape index (κ1) is 17.9. The summed E-state index contributed by atoms with van der Waals surface area (Å²) in [4.78, 5) is 15.5. The second-order valence-corrected chi connectivity index (χ2v) is 8.95. The SMILES string of the molecule is Cc1ccc(-n2nc(C(=O)N3CCC4(CCNC4)CC3)c3c2CCCC3)cc1. The van der Waals surface area contributed by atoms with Crippen molar-refractivity contribution in [1.82, 2.24) is 20.0 Å². The van der Waals surface area contributed by atoms with E-state index >= 15 is 0 Å². The van der Waals surface area contributed by atoms with Gasteiger partial charge in [-0.2, -0.15) is 5.10 Å². The van der Waals surface area contributed by atoms with Gasteiger partial charge in [0, 0.05) is 30.9 Å². The predicted molar refractivity (Wildman–Crippen MR) is 110 cm³/mol. The minimum atomic E-state index is 0.143. The number of carbonyl (C=O) groups excluding carboxylic acids is 1. The maximum atomic E-state index is 13.4. The minimum absolute atomic E-state index is 0.143. The number of hydrogen-bond acceptors (Lipinski definition) is 3. The van der Waals surface area contributed by atoms with Crippen molar-refractivity contribution in [3.05, 3.63) is 46.8 Å². The Bertz CT molecular complexity index is 867. The van der Waals surface area contributed by atoms with Gasteiger partial charge in [-0.1, -0.05) is 17.7 Å². The zero-order valence-corrected chi connectivity index (χ0v) is 16.8. The van der Waals surface area contributed by atoms with Crippen molar-refractivity contribution < 1.29 is 4.79 Å². The maximum absolute atomic E-state index is 13.4. The van der Waals surface area contributed by atoms with Gasteiger partial charge >= 0.3 is 0 Å². The van der Waals surface area contributed by atoms with Gasteiger partial charge in [0.25, 0.3) is 5.91 Å². The quantitative estimate of drug-likeness (QED) is 0.873. The third-order valence-electron chi connectivity index (χ3n) is 7.10. The van der Waals surface area contributed by atoms with Gasteiger partial charge in [0.05, 0.1) is 5.69 Å². The number of amides is 1. The van der Waals surface area contributed by atoms with E-state index in [0.717, 1.165) is 64.0 Å². The monoisotopic (exact) mass is 378 g/mol. The van der Waals surface area contributed by atoms with E-state index in [1.54, 1.807) is 0 Å². The molecule has 1 aliphatic carbocycles. The van der Waals surface area contributed by atoms with E-state index in [1.807, 2.05) is 4.68 Å². The fourth-order valence-electron chi connectivity index (χ4n) is 5.23. The minimum Gasteiger partial charge on any atom is -0.337 e. The van der Waals surface area contributed by atoms with Crippen LogP contribution in [0.2, 0.25) is 0 Å². The summed E-state index contributed by atoms with van der Waals surface area (Å²) >= 11 is 0. The van der Waals surface area contributed by atoms with Crippen LogP contribution in [0.5, 0.6) is 0 Å². The summed E-state index contributed by atoms with van der Waals surface area (Å²) in [5, 5.41) is 8.37. The number of nitrogens with one attached hydrogen (secondary N) is 1. The normalized spacial score (nSPS) is 21.1. The van der Waals surface area contributed by atoms with Crippen LogP contribution < -0.4 is 5.32 Å². The van der Waals surface area contributed by atoms with E-state index in [2.05, 4.69) is 41.4 Å². The molecule has 28 heavy (non-hydrogen) atoms. The topological polar surface area (TPSA) is 50.2 Å². The number of benzene rings is 1. The van der Waals surface area contributed by atoms with Crippen molar-refractivity contribution in [3.63, 3.8) is 0 Å². The lowest BCUT2D eigenvalue weighted by Crippen LogP contribution is -2.44. The highest BCUT2D eigenvalue weighted by molar-refractivity contribution is 5.94. The zero-order valence-electron chi connectivity index (χ0n) is 16.8. The van der Waals surface area contributed by atoms with Gasteiger partial charge in [-0.25, -0.2) is 4.68 Å². The molecule has 3 aliphatic rings. The second-order valence-electron chi connectivity index (χ2n) is 8.95. The van der Waals surface area contributed by atoms with Crippen molar-refractivity contribution in [2.24, 2.45) is 5.41 Å². The number of likely N-dealkylation sites (tertiary alicyclic amines) is 1. The van der Waals surface area contributed by atoms with E-state index in [0.29, 0.717) is 11.1 Å². The van der Waals surface area contributed by atoms with E-state index in [9.17, 15) is 4.79 Å². The van der Waals surface area contributed by atoms with E-state index in [-0.39, 0.29) is 5.91 Å². The van der Waals surface area contributed by atoms with Crippen LogP contribution in [0.3, 0.4) is 0 Å². The molecule has 1 aromatic heterocycles. The zero-order chi connectivity index (χ0) is 19.1. The van der Waals surface area contributed by atoms with Crippen molar-refractivity contribution in [3.8, 4) is 5.69 Å². The number of aryl methyl sites for hydroxylation is 1. The standard InChI is InChI=1S/C23H30N4O/c1-17-6-8-18(9-7-17)27-20-5-3-2-4-19(20)21(25-27)22(28)26-14-11-23(12-15-26)10-13-24-16-23/h6-9,24H,2-5,10-16H2,1H3. The molecule has 5 nitrogen and oxygen atoms in total. The summed E-state index contributed by atoms with van der Waals surface area (Å²) in [6.45, 7) is 6.08. The van der Waals surface area contributed by atoms with E-state index in [4.69, 9.17) is 5.10 Å². The predicted octanol–water partition coefficient (Wildman–Crippen LogP) is 3.28. The molecule has 1 aromatic carbocycles. The van der Waals surface area contributed by atoms with Gasteiger partial charge < -0.3 is 10.2 Å². The molecule has 5 heteroatoms. The highest BCUT2D eigenvalue weighted by Gasteiger charge is 2.39. The summed E-state index contributed by atoms with van der Waals surface area (Å²) in [6.07, 6.45) is 7.81. The summed E-state index contributed by atoms with van der Waals surface area (Å²) in [7, 11) is 0. The van der Waals surface area contributed by atoms with Gasteiger partial charge in [0.1, 0.15) is 0 Å². The van der Waals surface area contributed by atoms with Gasteiger partial charge in [-0.15, -0.1) is 0 Å². The molecule has 2 aromatic rings. The van der Waals surface area contributed by atoms with Crippen LogP contribution in [0.4, 0.5) is 0 Å². The van der Waals surface area contributed by atoms with Crippen molar-refractivity contribution in [1.29, 1.82) is 0 Å². The van der Waals surface area contributed by atoms with Gasteiger partial charge in [0.2, 0.25) is 0 Å². The van der Waals surface area contributed by atoms with Crippen LogP contribution in [0, 0.1) is 12.3 Å². The lowest BCUT2D eigenvalue weighted by Gasteiger charge is -2.38. The van der Waals surface area contributed by atoms with Crippen LogP contribution >= 0.6 is 0 Å². The summed E-state index contributed by atoms with van der Waals surface area (Å²) in [5.74, 6) is 0.143. The van der Waals surface area contributed by atoms with E-state index < -0.39 is 0 Å². The molecule has 5 rings (SSSR count). The Labute approximate surface area is 167 Å². The largest absolute Gasteiger partial charge is 0.337 e. The number of carbonyl (C=O) groups is 1. The Balaban J connectivity index is 1.43. The lowest BCUT2D eigenvalue weighted by atomic mass is 9.78. The van der Waals surface area contributed by atoms with Crippen LogP contribution in [0.1, 0.15) is 59.4 Å². The Hall–Kier alpha value is -2.14. The highest BCUT2D eigenvalue weighted by Crippen LogP contribution is 2.37. The molecular weight excluding hydrogens is 348 g/mol. The van der Waals surface area contributed by atoms with Crippen molar-refractivity contribution in [2.45, 2.75) is 51.9 Å². The molecule has 3 heterocycles. The average Bonchev–Trinajstić information content (AvgIpc) is 3.34. The fourth-order valence-corrected chi connectivity index (χ4v) is 5.23. The molecule has 2 saturated heterocycles.